The van der Waals surface area contributed by atoms with E-state index in [0.717, 1.165) is 38.5 Å². The minimum atomic E-state index is -4.85. The van der Waals surface area contributed by atoms with Crippen LogP contribution in [0.1, 0.15) is 149 Å². The number of phosphoric acid groups is 1. The predicted octanol–water partition coefficient (Wildman–Crippen LogP) is 8.62. The second-order valence-corrected chi connectivity index (χ2v) is 15.7. The van der Waals surface area contributed by atoms with Crippen LogP contribution in [0.4, 0.5) is 0 Å². The highest BCUT2D eigenvalue weighted by Gasteiger charge is 2.35. The highest BCUT2D eigenvalue weighted by atomic mass is 31.2. The van der Waals surface area contributed by atoms with Crippen molar-refractivity contribution in [3.8, 4) is 0 Å². The maximum atomic E-state index is 12.5. The number of hydrogen-bond acceptors (Lipinski definition) is 10. The van der Waals surface area contributed by atoms with Crippen molar-refractivity contribution in [1.29, 1.82) is 0 Å². The average molecular weight is 813 g/mol. The number of allylic oxidation sites excluding steroid dienone is 8. The quantitative estimate of drug-likeness (QED) is 0.0184. The molecule has 5 N–H and O–H groups in total. The SMILES string of the molecule is CCCCCCCC/C=C\C/C=C\C/C=C\CCCC(=O)OC[C@H](COP(=O)(O)O)OC(=O)CCC/C=C\C[C@H]1[C@@H](O)CC(O)O[C@@H]1/C=C/[C@@H](O)CCCCC. The molecule has 0 aliphatic carbocycles. The lowest BCUT2D eigenvalue weighted by atomic mass is 9.87. The monoisotopic (exact) mass is 812 g/mol. The first-order valence-corrected chi connectivity index (χ1v) is 22.5. The summed E-state index contributed by atoms with van der Waals surface area (Å²) in [6, 6.07) is 0. The number of ether oxygens (including phenoxy) is 3. The van der Waals surface area contributed by atoms with Gasteiger partial charge in [-0.1, -0.05) is 126 Å². The first-order valence-electron chi connectivity index (χ1n) is 21.0. The second-order valence-electron chi connectivity index (χ2n) is 14.5. The van der Waals surface area contributed by atoms with E-state index in [1.54, 1.807) is 12.2 Å². The molecule has 13 heteroatoms. The summed E-state index contributed by atoms with van der Waals surface area (Å²) in [5.74, 6) is -1.47. The summed E-state index contributed by atoms with van der Waals surface area (Å²) in [5, 5.41) is 30.8. The highest BCUT2D eigenvalue weighted by Crippen LogP contribution is 2.36. The van der Waals surface area contributed by atoms with Gasteiger partial charge in [-0.15, -0.1) is 0 Å². The fourth-order valence-corrected chi connectivity index (χ4v) is 6.43. The minimum Gasteiger partial charge on any atom is -0.462 e. The molecular formula is C43H73O12P. The number of aliphatic hydroxyl groups excluding tert-OH is 3. The predicted molar refractivity (Wildman–Crippen MR) is 219 cm³/mol. The number of aliphatic hydroxyl groups is 3. The molecule has 1 fully saturated rings. The maximum Gasteiger partial charge on any atom is 0.469 e. The lowest BCUT2D eigenvalue weighted by molar-refractivity contribution is -0.199. The molecule has 6 atom stereocenters. The molecule has 1 aliphatic rings. The molecule has 0 saturated carbocycles. The molecule has 0 aromatic rings. The Morgan fingerprint density at radius 1 is 0.750 bits per heavy atom. The number of carbonyl (C=O) groups is 2. The Bertz CT molecular complexity index is 1210. The molecule has 12 nitrogen and oxygen atoms in total. The van der Waals surface area contributed by atoms with Crippen molar-refractivity contribution in [1.82, 2.24) is 0 Å². The lowest BCUT2D eigenvalue weighted by Crippen LogP contribution is -2.43. The van der Waals surface area contributed by atoms with Gasteiger partial charge in [0, 0.05) is 25.2 Å². The van der Waals surface area contributed by atoms with Gasteiger partial charge < -0.3 is 39.3 Å². The van der Waals surface area contributed by atoms with E-state index in [4.69, 9.17) is 24.0 Å². The Labute approximate surface area is 336 Å². The molecule has 0 amide bonds. The molecule has 1 unspecified atom stereocenters. The molecular weight excluding hydrogens is 739 g/mol. The van der Waals surface area contributed by atoms with Gasteiger partial charge >= 0.3 is 19.8 Å². The van der Waals surface area contributed by atoms with Crippen molar-refractivity contribution in [3.05, 3.63) is 60.8 Å². The Morgan fingerprint density at radius 2 is 1.32 bits per heavy atom. The third-order valence-corrected chi connectivity index (χ3v) is 9.79. The molecule has 322 valence electrons. The first kappa shape index (κ1) is 51.6. The topological polar surface area (TPSA) is 189 Å². The van der Waals surface area contributed by atoms with Crippen molar-refractivity contribution in [2.75, 3.05) is 13.2 Å². The Hall–Kier alpha value is -2.41. The number of esters is 2. The van der Waals surface area contributed by atoms with Crippen molar-refractivity contribution in [2.45, 2.75) is 179 Å². The average Bonchev–Trinajstić information content (AvgIpc) is 3.14. The van der Waals surface area contributed by atoms with Crippen molar-refractivity contribution >= 4 is 19.8 Å². The molecule has 1 heterocycles. The standard InChI is InChI=1S/C43H73O12P/c1-3-5-7-8-9-10-11-12-13-14-15-16-17-18-19-20-25-29-41(46)52-34-37(35-53-56(49,50)51)54-42(47)30-26-22-21-24-28-38-39(45)33-43(48)55-40(38)32-31-36(44)27-23-6-4-2/h12-13,15-16,18-19,21,24,31-32,36-40,43-45,48H,3-11,14,17,20,22-23,25-30,33-35H2,1-2H3,(H2,49,50,51)/b13-12-,16-15-,19-18-,24-21-,32-31+/t36-,37+,38-,39-,40+,43?/m0/s1. The number of carbonyl (C=O) groups excluding carboxylic acids is 2. The van der Waals surface area contributed by atoms with E-state index in [1.807, 2.05) is 24.3 Å². The van der Waals surface area contributed by atoms with Crippen LogP contribution in [0.5, 0.6) is 0 Å². The van der Waals surface area contributed by atoms with Gasteiger partial charge in [0.25, 0.3) is 0 Å². The summed E-state index contributed by atoms with van der Waals surface area (Å²) < 4.78 is 32.0. The van der Waals surface area contributed by atoms with E-state index in [1.165, 1.54) is 38.5 Å². The third kappa shape index (κ3) is 29.8. The maximum absolute atomic E-state index is 12.5. The lowest BCUT2D eigenvalue weighted by Gasteiger charge is -2.36. The molecule has 0 radical (unpaired) electrons. The summed E-state index contributed by atoms with van der Waals surface area (Å²) in [7, 11) is -4.85. The fraction of sp³-hybridized carbons (Fsp3) is 0.721. The molecule has 1 rings (SSSR count). The van der Waals surface area contributed by atoms with Crippen LogP contribution in [0.15, 0.2) is 60.8 Å². The minimum absolute atomic E-state index is 0.00478. The number of phosphoric ester groups is 1. The van der Waals surface area contributed by atoms with Crippen LogP contribution < -0.4 is 0 Å². The summed E-state index contributed by atoms with van der Waals surface area (Å²) in [4.78, 5) is 43.1. The van der Waals surface area contributed by atoms with Crippen LogP contribution in [-0.4, -0.2) is 81.0 Å². The summed E-state index contributed by atoms with van der Waals surface area (Å²) in [6.45, 7) is 3.29. The van der Waals surface area contributed by atoms with Gasteiger partial charge in [-0.05, 0) is 64.2 Å². The van der Waals surface area contributed by atoms with Crippen molar-refractivity contribution in [3.63, 3.8) is 0 Å². The number of rotatable bonds is 33. The van der Waals surface area contributed by atoms with Crippen molar-refractivity contribution in [2.24, 2.45) is 5.92 Å². The van der Waals surface area contributed by atoms with Crippen LogP contribution in [-0.2, 0) is 32.9 Å². The van der Waals surface area contributed by atoms with Crippen LogP contribution in [0, 0.1) is 5.92 Å². The molecule has 0 bridgehead atoms. The molecule has 56 heavy (non-hydrogen) atoms. The molecule has 0 aromatic heterocycles. The van der Waals surface area contributed by atoms with E-state index in [2.05, 4.69) is 42.7 Å². The van der Waals surface area contributed by atoms with Crippen LogP contribution in [0.3, 0.4) is 0 Å². The first-order chi connectivity index (χ1) is 26.9. The normalized spacial score (nSPS) is 20.6. The van der Waals surface area contributed by atoms with Gasteiger partial charge in [-0.3, -0.25) is 14.1 Å². The van der Waals surface area contributed by atoms with Gasteiger partial charge in [-0.2, -0.15) is 0 Å². The van der Waals surface area contributed by atoms with E-state index in [9.17, 15) is 29.5 Å². The van der Waals surface area contributed by atoms with E-state index in [0.29, 0.717) is 38.5 Å². The fourth-order valence-electron chi connectivity index (χ4n) is 6.07. The summed E-state index contributed by atoms with van der Waals surface area (Å²) in [5.41, 5.74) is 0. The molecule has 0 aromatic carbocycles. The second kappa shape index (κ2) is 33.6. The summed E-state index contributed by atoms with van der Waals surface area (Å²) in [6.07, 6.45) is 32.8. The van der Waals surface area contributed by atoms with Crippen LogP contribution >= 0.6 is 7.82 Å². The van der Waals surface area contributed by atoms with E-state index >= 15 is 0 Å². The Kier molecular flexibility index (Phi) is 30.9. The van der Waals surface area contributed by atoms with Gasteiger partial charge in [0.1, 0.15) is 6.61 Å². The zero-order valence-corrected chi connectivity index (χ0v) is 34.9. The van der Waals surface area contributed by atoms with Gasteiger partial charge in [0.15, 0.2) is 12.4 Å². The largest absolute Gasteiger partial charge is 0.469 e. The highest BCUT2D eigenvalue weighted by molar-refractivity contribution is 7.46. The van der Waals surface area contributed by atoms with Crippen LogP contribution in [0.2, 0.25) is 0 Å². The number of unbranched alkanes of at least 4 members (excludes halogenated alkanes) is 10. The third-order valence-electron chi connectivity index (χ3n) is 9.30. The van der Waals surface area contributed by atoms with Crippen LogP contribution in [0.25, 0.3) is 0 Å². The number of hydrogen-bond donors (Lipinski definition) is 5. The van der Waals surface area contributed by atoms with E-state index in [-0.39, 0.29) is 25.2 Å². The Balaban J connectivity index is 2.37. The summed E-state index contributed by atoms with van der Waals surface area (Å²) >= 11 is 0. The van der Waals surface area contributed by atoms with Gasteiger partial charge in [-0.25, -0.2) is 4.57 Å². The van der Waals surface area contributed by atoms with Crippen molar-refractivity contribution < 1.29 is 58.0 Å². The molecule has 0 spiro atoms. The molecule has 1 saturated heterocycles. The zero-order chi connectivity index (χ0) is 41.3. The smallest absolute Gasteiger partial charge is 0.462 e. The zero-order valence-electron chi connectivity index (χ0n) is 34.0. The van der Waals surface area contributed by atoms with Gasteiger partial charge in [0.05, 0.1) is 24.9 Å². The molecule has 1 aliphatic heterocycles. The Morgan fingerprint density at radius 3 is 1.98 bits per heavy atom. The van der Waals surface area contributed by atoms with Gasteiger partial charge in [0.2, 0.25) is 0 Å². The van der Waals surface area contributed by atoms with E-state index < -0.39 is 63.7 Å².